The lowest BCUT2D eigenvalue weighted by atomic mass is 10.2. The van der Waals surface area contributed by atoms with Crippen LogP contribution < -0.4 is 5.73 Å². The molecule has 2 aromatic rings. The van der Waals surface area contributed by atoms with Crippen LogP contribution in [-0.2, 0) is 14.8 Å². The van der Waals surface area contributed by atoms with Gasteiger partial charge in [-0.2, -0.15) is 4.31 Å². The van der Waals surface area contributed by atoms with Crippen molar-refractivity contribution in [1.82, 2.24) is 19.2 Å². The number of hydrogen-bond donors (Lipinski definition) is 1. The Balaban J connectivity index is 1.51. The third kappa shape index (κ3) is 6.02. The maximum absolute atomic E-state index is 12.5. The highest BCUT2D eigenvalue weighted by Crippen LogP contribution is 2.17. The first-order valence-electron chi connectivity index (χ1n) is 9.08. The average Bonchev–Trinajstić information content (AvgIpc) is 2.71. The first-order chi connectivity index (χ1) is 13.8. The lowest BCUT2D eigenvalue weighted by Gasteiger charge is -2.33. The van der Waals surface area contributed by atoms with Crippen molar-refractivity contribution in [2.45, 2.75) is 12.1 Å². The van der Waals surface area contributed by atoms with E-state index in [9.17, 15) is 13.2 Å². The Labute approximate surface area is 174 Å². The molecule has 0 aliphatic carbocycles. The van der Waals surface area contributed by atoms with Gasteiger partial charge in [-0.1, -0.05) is 42.1 Å². The van der Waals surface area contributed by atoms with Crippen LogP contribution in [0.25, 0.3) is 6.08 Å². The maximum atomic E-state index is 12.5. The van der Waals surface area contributed by atoms with Gasteiger partial charge in [0.15, 0.2) is 5.16 Å². The number of nitrogen functional groups attached to an aromatic ring is 1. The Morgan fingerprint density at radius 2 is 1.86 bits per heavy atom. The van der Waals surface area contributed by atoms with E-state index in [2.05, 4.69) is 9.97 Å². The number of aryl methyl sites for hydroxylation is 1. The molecule has 0 saturated carbocycles. The number of hydrogen-bond acceptors (Lipinski definition) is 7. The number of sulfonamides is 1. The van der Waals surface area contributed by atoms with Crippen molar-refractivity contribution in [1.29, 1.82) is 0 Å². The third-order valence-electron chi connectivity index (χ3n) is 4.36. The Morgan fingerprint density at radius 3 is 2.52 bits per heavy atom. The molecule has 1 aromatic carbocycles. The van der Waals surface area contributed by atoms with Crippen LogP contribution in [0.3, 0.4) is 0 Å². The fraction of sp³-hybridized carbons (Fsp3) is 0.316. The van der Waals surface area contributed by atoms with Gasteiger partial charge < -0.3 is 10.6 Å². The van der Waals surface area contributed by atoms with Crippen LogP contribution >= 0.6 is 11.8 Å². The van der Waals surface area contributed by atoms with Gasteiger partial charge in [0.1, 0.15) is 5.82 Å². The first kappa shape index (κ1) is 21.3. The Bertz CT molecular complexity index is 968. The van der Waals surface area contributed by atoms with Gasteiger partial charge in [0.05, 0.1) is 5.75 Å². The van der Waals surface area contributed by atoms with Crippen LogP contribution in [0.1, 0.15) is 11.3 Å². The van der Waals surface area contributed by atoms with Crippen molar-refractivity contribution in [3.05, 3.63) is 53.1 Å². The third-order valence-corrected chi connectivity index (χ3v) is 6.76. The summed E-state index contributed by atoms with van der Waals surface area (Å²) in [5.74, 6) is 0.481. The maximum Gasteiger partial charge on any atom is 0.236 e. The molecular weight excluding hydrogens is 410 g/mol. The van der Waals surface area contributed by atoms with Crippen LogP contribution in [0.15, 0.2) is 47.0 Å². The number of aromatic nitrogens is 2. The highest BCUT2D eigenvalue weighted by molar-refractivity contribution is 7.99. The predicted octanol–water partition coefficient (Wildman–Crippen LogP) is 1.60. The Morgan fingerprint density at radius 1 is 1.17 bits per heavy atom. The largest absolute Gasteiger partial charge is 0.384 e. The predicted molar refractivity (Wildman–Crippen MR) is 114 cm³/mol. The minimum atomic E-state index is -3.52. The summed E-state index contributed by atoms with van der Waals surface area (Å²) >= 11 is 1.23. The standard InChI is InChI=1S/C19H23N5O3S2/c1-15-13-17(20)22-19(21-15)28-14-18(25)23-8-10-24(11-9-23)29(26,27)12-7-16-5-3-2-4-6-16/h2-7,12-13H,8-11,14H2,1H3,(H2,20,21,22)/b12-7+. The molecule has 0 radical (unpaired) electrons. The number of nitrogens with two attached hydrogens (primary N) is 1. The zero-order valence-electron chi connectivity index (χ0n) is 16.1. The summed E-state index contributed by atoms with van der Waals surface area (Å²) in [5.41, 5.74) is 7.26. The number of carbonyl (C=O) groups excluding carboxylic acids is 1. The Hall–Kier alpha value is -2.43. The zero-order valence-corrected chi connectivity index (χ0v) is 17.7. The molecule has 1 amide bonds. The number of thioether (sulfide) groups is 1. The number of benzene rings is 1. The second-order valence-electron chi connectivity index (χ2n) is 6.54. The van der Waals surface area contributed by atoms with Gasteiger partial charge in [0.2, 0.25) is 15.9 Å². The van der Waals surface area contributed by atoms with Gasteiger partial charge in [0, 0.05) is 43.3 Å². The monoisotopic (exact) mass is 433 g/mol. The van der Waals surface area contributed by atoms with Crippen molar-refractivity contribution in [3.63, 3.8) is 0 Å². The van der Waals surface area contributed by atoms with Crippen molar-refractivity contribution in [2.75, 3.05) is 37.7 Å². The summed E-state index contributed by atoms with van der Waals surface area (Å²) in [6.45, 7) is 3.07. The number of anilines is 1. The molecule has 1 fully saturated rings. The van der Waals surface area contributed by atoms with Crippen LogP contribution in [0.2, 0.25) is 0 Å². The van der Waals surface area contributed by atoms with E-state index in [-0.39, 0.29) is 24.7 Å². The minimum absolute atomic E-state index is 0.0736. The summed E-state index contributed by atoms with van der Waals surface area (Å²) in [7, 11) is -3.52. The number of piperazine rings is 1. The molecule has 29 heavy (non-hydrogen) atoms. The smallest absolute Gasteiger partial charge is 0.236 e. The lowest BCUT2D eigenvalue weighted by Crippen LogP contribution is -2.50. The fourth-order valence-corrected chi connectivity index (χ4v) is 4.84. The van der Waals surface area contributed by atoms with Crippen LogP contribution in [0.5, 0.6) is 0 Å². The van der Waals surface area contributed by atoms with Crippen molar-refractivity contribution < 1.29 is 13.2 Å². The summed E-state index contributed by atoms with van der Waals surface area (Å²) in [6.07, 6.45) is 1.58. The van der Waals surface area contributed by atoms with E-state index >= 15 is 0 Å². The molecule has 0 bridgehead atoms. The van der Waals surface area contributed by atoms with Gasteiger partial charge in [-0.3, -0.25) is 4.79 Å². The Kier molecular flexibility index (Phi) is 6.88. The van der Waals surface area contributed by atoms with Gasteiger partial charge in [0.25, 0.3) is 0 Å². The van der Waals surface area contributed by atoms with E-state index < -0.39 is 10.0 Å². The van der Waals surface area contributed by atoms with Gasteiger partial charge in [-0.15, -0.1) is 0 Å². The molecule has 8 nitrogen and oxygen atoms in total. The SMILES string of the molecule is Cc1cc(N)nc(SCC(=O)N2CCN(S(=O)(=O)/C=C/c3ccccc3)CC2)n1. The molecule has 1 saturated heterocycles. The molecule has 1 aliphatic heterocycles. The number of amides is 1. The highest BCUT2D eigenvalue weighted by atomic mass is 32.2. The van der Waals surface area contributed by atoms with E-state index in [1.807, 2.05) is 37.3 Å². The van der Waals surface area contributed by atoms with Gasteiger partial charge >= 0.3 is 0 Å². The van der Waals surface area contributed by atoms with Crippen molar-refractivity contribution >= 4 is 39.6 Å². The van der Waals surface area contributed by atoms with E-state index in [4.69, 9.17) is 5.73 Å². The topological polar surface area (TPSA) is 109 Å². The molecular formula is C19H23N5O3S2. The minimum Gasteiger partial charge on any atom is -0.384 e. The molecule has 3 rings (SSSR count). The molecule has 154 valence electrons. The quantitative estimate of drug-likeness (QED) is 0.544. The van der Waals surface area contributed by atoms with Crippen molar-refractivity contribution in [2.24, 2.45) is 0 Å². The summed E-state index contributed by atoms with van der Waals surface area (Å²) in [4.78, 5) is 22.5. The molecule has 10 heteroatoms. The van der Waals surface area contributed by atoms with E-state index in [1.165, 1.54) is 21.5 Å². The van der Waals surface area contributed by atoms with E-state index in [0.717, 1.165) is 11.3 Å². The van der Waals surface area contributed by atoms with Crippen molar-refractivity contribution in [3.8, 4) is 0 Å². The summed E-state index contributed by atoms with van der Waals surface area (Å²) in [5, 5.41) is 1.68. The molecule has 0 unspecified atom stereocenters. The normalized spacial score (nSPS) is 15.7. The van der Waals surface area contributed by atoms with E-state index in [0.29, 0.717) is 24.1 Å². The second kappa shape index (κ2) is 9.38. The molecule has 2 heterocycles. The van der Waals surface area contributed by atoms with E-state index in [1.54, 1.807) is 17.0 Å². The molecule has 1 aromatic heterocycles. The fourth-order valence-electron chi connectivity index (χ4n) is 2.85. The highest BCUT2D eigenvalue weighted by Gasteiger charge is 2.27. The first-order valence-corrected chi connectivity index (χ1v) is 11.6. The summed E-state index contributed by atoms with van der Waals surface area (Å²) < 4.78 is 26.4. The molecule has 1 aliphatic rings. The van der Waals surface area contributed by atoms with Crippen LogP contribution in [-0.4, -0.2) is 65.4 Å². The molecule has 2 N–H and O–H groups in total. The second-order valence-corrected chi connectivity index (χ2v) is 9.30. The lowest BCUT2D eigenvalue weighted by molar-refractivity contribution is -0.129. The van der Waals surface area contributed by atoms with Crippen LogP contribution in [0.4, 0.5) is 5.82 Å². The molecule has 0 spiro atoms. The van der Waals surface area contributed by atoms with Crippen LogP contribution in [0, 0.1) is 6.92 Å². The van der Waals surface area contributed by atoms with Gasteiger partial charge in [-0.05, 0) is 18.6 Å². The zero-order chi connectivity index (χ0) is 20.9. The summed E-state index contributed by atoms with van der Waals surface area (Å²) in [6, 6.07) is 10.9. The molecule has 0 atom stereocenters. The number of nitrogens with zero attached hydrogens (tertiary/aromatic N) is 4. The average molecular weight is 434 g/mol. The number of carbonyl (C=O) groups is 1. The van der Waals surface area contributed by atoms with Gasteiger partial charge in [-0.25, -0.2) is 18.4 Å². The number of rotatable bonds is 6.